The van der Waals surface area contributed by atoms with Gasteiger partial charge in [0, 0.05) is 23.3 Å². The topological polar surface area (TPSA) is 59.2 Å². The molecular formula is C27H29N3O. The van der Waals surface area contributed by atoms with Gasteiger partial charge in [-0.05, 0) is 79.5 Å². The Morgan fingerprint density at radius 2 is 1.94 bits per heavy atom. The minimum Gasteiger partial charge on any atom is -0.324 e. The van der Waals surface area contributed by atoms with E-state index < -0.39 is 0 Å². The molecule has 0 bridgehead atoms. The molecule has 4 nitrogen and oxygen atoms in total. The van der Waals surface area contributed by atoms with Crippen LogP contribution in [0.4, 0.5) is 5.69 Å². The van der Waals surface area contributed by atoms with E-state index in [0.29, 0.717) is 12.5 Å². The van der Waals surface area contributed by atoms with Crippen molar-refractivity contribution in [3.05, 3.63) is 94.8 Å². The number of nitrogens with zero attached hydrogens (tertiary/aromatic N) is 2. The van der Waals surface area contributed by atoms with Crippen LogP contribution in [0.25, 0.3) is 0 Å². The molecule has 2 aliphatic carbocycles. The number of rotatable bonds is 5. The van der Waals surface area contributed by atoms with Crippen LogP contribution in [0.3, 0.4) is 0 Å². The monoisotopic (exact) mass is 411 g/mol. The molecule has 0 saturated heterocycles. The van der Waals surface area contributed by atoms with E-state index in [2.05, 4.69) is 47.4 Å². The SMILES string of the molecule is Cc1cccc(CN(C(=O)C2CC2c2ccccc2)c2ccc3c(c2)C(N)CCC3)n1. The van der Waals surface area contributed by atoms with E-state index in [0.717, 1.165) is 42.8 Å². The van der Waals surface area contributed by atoms with Crippen LogP contribution >= 0.6 is 0 Å². The zero-order valence-electron chi connectivity index (χ0n) is 18.0. The molecule has 3 aromatic rings. The summed E-state index contributed by atoms with van der Waals surface area (Å²) < 4.78 is 0. The summed E-state index contributed by atoms with van der Waals surface area (Å²) in [6, 6.07) is 22.8. The first kappa shape index (κ1) is 20.0. The van der Waals surface area contributed by atoms with Crippen LogP contribution in [0.1, 0.15) is 59.3 Å². The lowest BCUT2D eigenvalue weighted by molar-refractivity contribution is -0.120. The largest absolute Gasteiger partial charge is 0.324 e. The lowest BCUT2D eigenvalue weighted by Crippen LogP contribution is -2.33. The van der Waals surface area contributed by atoms with Gasteiger partial charge in [-0.15, -0.1) is 0 Å². The van der Waals surface area contributed by atoms with E-state index in [-0.39, 0.29) is 17.9 Å². The summed E-state index contributed by atoms with van der Waals surface area (Å²) in [4.78, 5) is 20.3. The molecule has 1 saturated carbocycles. The molecule has 1 fully saturated rings. The second kappa shape index (κ2) is 8.27. The first-order valence-corrected chi connectivity index (χ1v) is 11.3. The lowest BCUT2D eigenvalue weighted by atomic mass is 9.88. The number of carbonyl (C=O) groups excluding carboxylic acids is 1. The number of nitrogens with two attached hydrogens (primary N) is 1. The molecule has 2 N–H and O–H groups in total. The third kappa shape index (κ3) is 4.13. The van der Waals surface area contributed by atoms with Gasteiger partial charge in [0.05, 0.1) is 12.2 Å². The molecule has 4 heteroatoms. The summed E-state index contributed by atoms with van der Waals surface area (Å²) >= 11 is 0. The van der Waals surface area contributed by atoms with Crippen molar-refractivity contribution < 1.29 is 4.79 Å². The number of anilines is 1. The number of carbonyl (C=O) groups is 1. The molecule has 1 aromatic heterocycles. The highest BCUT2D eigenvalue weighted by molar-refractivity contribution is 5.97. The number of hydrogen-bond acceptors (Lipinski definition) is 3. The highest BCUT2D eigenvalue weighted by atomic mass is 16.2. The van der Waals surface area contributed by atoms with Crippen LogP contribution < -0.4 is 10.6 Å². The van der Waals surface area contributed by atoms with Gasteiger partial charge in [0.25, 0.3) is 0 Å². The summed E-state index contributed by atoms with van der Waals surface area (Å²) in [7, 11) is 0. The van der Waals surface area contributed by atoms with Gasteiger partial charge in [0.15, 0.2) is 0 Å². The Bertz CT molecular complexity index is 1090. The third-order valence-electron chi connectivity index (χ3n) is 6.67. The fraction of sp³-hybridized carbons (Fsp3) is 0.333. The molecule has 0 aliphatic heterocycles. The van der Waals surface area contributed by atoms with Gasteiger partial charge < -0.3 is 10.6 Å². The molecule has 5 rings (SSSR count). The van der Waals surface area contributed by atoms with Crippen molar-refractivity contribution in [2.75, 3.05) is 4.90 Å². The summed E-state index contributed by atoms with van der Waals surface area (Å²) in [5, 5.41) is 0. The number of aromatic nitrogens is 1. The Labute approximate surface area is 184 Å². The molecule has 1 heterocycles. The highest BCUT2D eigenvalue weighted by Gasteiger charge is 2.46. The summed E-state index contributed by atoms with van der Waals surface area (Å²) in [6.45, 7) is 2.46. The van der Waals surface area contributed by atoms with Gasteiger partial charge >= 0.3 is 0 Å². The average Bonchev–Trinajstić information content (AvgIpc) is 3.59. The number of aryl methyl sites for hydroxylation is 2. The molecular weight excluding hydrogens is 382 g/mol. The zero-order valence-corrected chi connectivity index (χ0v) is 18.0. The maximum Gasteiger partial charge on any atom is 0.231 e. The number of pyridine rings is 1. The molecule has 158 valence electrons. The molecule has 31 heavy (non-hydrogen) atoms. The lowest BCUT2D eigenvalue weighted by Gasteiger charge is -2.27. The quantitative estimate of drug-likeness (QED) is 0.638. The Morgan fingerprint density at radius 3 is 2.74 bits per heavy atom. The van der Waals surface area contributed by atoms with Crippen LogP contribution in [-0.4, -0.2) is 10.9 Å². The van der Waals surface area contributed by atoms with Crippen molar-refractivity contribution in [3.63, 3.8) is 0 Å². The number of fused-ring (bicyclic) bond motifs is 1. The van der Waals surface area contributed by atoms with Gasteiger partial charge in [-0.3, -0.25) is 9.78 Å². The van der Waals surface area contributed by atoms with E-state index in [1.807, 2.05) is 36.1 Å². The molecule has 3 atom stereocenters. The predicted octanol–water partition coefficient (Wildman–Crippen LogP) is 5.06. The highest BCUT2D eigenvalue weighted by Crippen LogP contribution is 2.49. The first-order valence-electron chi connectivity index (χ1n) is 11.3. The van der Waals surface area contributed by atoms with Crippen LogP contribution in [-0.2, 0) is 17.8 Å². The fourth-order valence-electron chi connectivity index (χ4n) is 4.87. The molecule has 3 unspecified atom stereocenters. The van der Waals surface area contributed by atoms with Crippen molar-refractivity contribution in [1.82, 2.24) is 4.98 Å². The number of benzene rings is 2. The van der Waals surface area contributed by atoms with Crippen LogP contribution in [0.15, 0.2) is 66.7 Å². The van der Waals surface area contributed by atoms with Gasteiger partial charge in [-0.2, -0.15) is 0 Å². The minimum absolute atomic E-state index is 0.0249. The smallest absolute Gasteiger partial charge is 0.231 e. The van der Waals surface area contributed by atoms with Crippen molar-refractivity contribution in [1.29, 1.82) is 0 Å². The molecule has 0 radical (unpaired) electrons. The van der Waals surface area contributed by atoms with E-state index >= 15 is 0 Å². The Kier molecular flexibility index (Phi) is 5.33. The Hall–Kier alpha value is -2.98. The molecule has 2 aliphatic rings. The van der Waals surface area contributed by atoms with Crippen LogP contribution in [0.5, 0.6) is 0 Å². The minimum atomic E-state index is 0.0249. The van der Waals surface area contributed by atoms with Crippen LogP contribution in [0.2, 0.25) is 0 Å². The normalized spacial score (nSPS) is 21.9. The third-order valence-corrected chi connectivity index (χ3v) is 6.67. The van der Waals surface area contributed by atoms with Gasteiger partial charge in [0.1, 0.15) is 0 Å². The maximum atomic E-state index is 13.7. The maximum absolute atomic E-state index is 13.7. The first-order chi connectivity index (χ1) is 15.1. The van der Waals surface area contributed by atoms with E-state index in [1.54, 1.807) is 0 Å². The van der Waals surface area contributed by atoms with Gasteiger partial charge in [0.2, 0.25) is 5.91 Å². The fourth-order valence-corrected chi connectivity index (χ4v) is 4.87. The van der Waals surface area contributed by atoms with Gasteiger partial charge in [-0.1, -0.05) is 42.5 Å². The second-order valence-electron chi connectivity index (χ2n) is 8.94. The summed E-state index contributed by atoms with van der Waals surface area (Å²) in [6.07, 6.45) is 4.10. The summed E-state index contributed by atoms with van der Waals surface area (Å²) in [5.74, 6) is 0.514. The zero-order chi connectivity index (χ0) is 21.4. The van der Waals surface area contributed by atoms with Crippen LogP contribution in [0, 0.1) is 12.8 Å². The van der Waals surface area contributed by atoms with Crippen molar-refractivity contribution in [3.8, 4) is 0 Å². The van der Waals surface area contributed by atoms with E-state index in [9.17, 15) is 4.79 Å². The standard InChI is InChI=1S/C27H29N3O/c1-18-7-5-11-21(29-18)17-30(22-14-13-20-10-6-12-26(28)24(20)15-22)27(31)25-16-23(25)19-8-3-2-4-9-19/h2-5,7-9,11,13-15,23,25-26H,6,10,12,16-17,28H2,1H3. The van der Waals surface area contributed by atoms with Crippen molar-refractivity contribution in [2.24, 2.45) is 11.7 Å². The average molecular weight is 412 g/mol. The van der Waals surface area contributed by atoms with E-state index in [1.165, 1.54) is 16.7 Å². The Morgan fingerprint density at radius 1 is 1.10 bits per heavy atom. The Balaban J connectivity index is 1.46. The van der Waals surface area contributed by atoms with Gasteiger partial charge in [-0.25, -0.2) is 0 Å². The molecule has 0 spiro atoms. The predicted molar refractivity (Wildman–Crippen MR) is 124 cm³/mol. The molecule has 2 aromatic carbocycles. The van der Waals surface area contributed by atoms with Crippen molar-refractivity contribution >= 4 is 11.6 Å². The summed E-state index contributed by atoms with van der Waals surface area (Å²) in [5.41, 5.74) is 13.0. The number of amides is 1. The second-order valence-corrected chi connectivity index (χ2v) is 8.94. The van der Waals surface area contributed by atoms with E-state index in [4.69, 9.17) is 5.73 Å². The molecule has 1 amide bonds. The number of hydrogen-bond donors (Lipinski definition) is 1. The van der Waals surface area contributed by atoms with Crippen molar-refractivity contribution in [2.45, 2.75) is 51.1 Å².